The lowest BCUT2D eigenvalue weighted by Crippen LogP contribution is -2.42. The lowest BCUT2D eigenvalue weighted by Gasteiger charge is -2.22. The van der Waals surface area contributed by atoms with E-state index < -0.39 is 9.84 Å². The Morgan fingerprint density at radius 1 is 1.45 bits per heavy atom. The summed E-state index contributed by atoms with van der Waals surface area (Å²) < 4.78 is 28.1. The van der Waals surface area contributed by atoms with Crippen LogP contribution < -0.4 is 10.6 Å². The Balaban J connectivity index is 1.75. The smallest absolute Gasteiger partial charge is 0.314 e. The van der Waals surface area contributed by atoms with Crippen LogP contribution >= 0.6 is 0 Å². The minimum Gasteiger partial charge on any atom is -0.468 e. The molecule has 0 unspecified atom stereocenters. The van der Waals surface area contributed by atoms with Crippen LogP contribution in [-0.4, -0.2) is 58.0 Å². The molecule has 1 fully saturated rings. The molecule has 2 rings (SSSR count). The predicted molar refractivity (Wildman–Crippen MR) is 83.3 cm³/mol. The maximum Gasteiger partial charge on any atom is 0.314 e. The highest BCUT2D eigenvalue weighted by molar-refractivity contribution is 7.91. The first-order valence-corrected chi connectivity index (χ1v) is 9.11. The number of hydrogen-bond donors (Lipinski definition) is 2. The predicted octanol–water partition coefficient (Wildman–Crippen LogP) is 0.616. The number of carbonyl (C=O) groups is 1. The Morgan fingerprint density at radius 2 is 2.23 bits per heavy atom. The quantitative estimate of drug-likeness (QED) is 0.798. The lowest BCUT2D eigenvalue weighted by atomic mass is 10.1. The van der Waals surface area contributed by atoms with Gasteiger partial charge in [-0.05, 0) is 38.6 Å². The van der Waals surface area contributed by atoms with Crippen molar-refractivity contribution in [1.82, 2.24) is 15.5 Å². The number of sulfone groups is 1. The first-order chi connectivity index (χ1) is 10.4. The van der Waals surface area contributed by atoms with E-state index in [-0.39, 0.29) is 29.5 Å². The summed E-state index contributed by atoms with van der Waals surface area (Å²) in [5.74, 6) is 1.19. The van der Waals surface area contributed by atoms with Gasteiger partial charge in [-0.15, -0.1) is 0 Å². The maximum absolute atomic E-state index is 11.8. The highest BCUT2D eigenvalue weighted by Crippen LogP contribution is 2.18. The van der Waals surface area contributed by atoms with Gasteiger partial charge in [-0.3, -0.25) is 4.90 Å². The number of rotatable bonds is 6. The van der Waals surface area contributed by atoms with Gasteiger partial charge in [0.15, 0.2) is 9.84 Å². The van der Waals surface area contributed by atoms with Crippen LogP contribution in [-0.2, 0) is 9.84 Å². The van der Waals surface area contributed by atoms with Gasteiger partial charge in [0.05, 0.1) is 23.8 Å². The molecule has 0 radical (unpaired) electrons. The Kier molecular flexibility index (Phi) is 5.47. The molecule has 1 aliphatic rings. The largest absolute Gasteiger partial charge is 0.468 e. The van der Waals surface area contributed by atoms with E-state index in [0.29, 0.717) is 19.5 Å². The van der Waals surface area contributed by atoms with E-state index in [4.69, 9.17) is 4.42 Å². The summed E-state index contributed by atoms with van der Waals surface area (Å²) in [4.78, 5) is 13.8. The number of amides is 2. The van der Waals surface area contributed by atoms with Crippen LogP contribution in [0.4, 0.5) is 4.79 Å². The van der Waals surface area contributed by atoms with Crippen LogP contribution in [0.5, 0.6) is 0 Å². The van der Waals surface area contributed by atoms with Crippen LogP contribution in [0.25, 0.3) is 0 Å². The third kappa shape index (κ3) is 4.74. The van der Waals surface area contributed by atoms with Crippen molar-refractivity contribution in [2.24, 2.45) is 5.92 Å². The number of urea groups is 1. The van der Waals surface area contributed by atoms with Crippen molar-refractivity contribution in [3.05, 3.63) is 24.2 Å². The van der Waals surface area contributed by atoms with Gasteiger partial charge in [0.1, 0.15) is 5.76 Å². The van der Waals surface area contributed by atoms with E-state index in [1.54, 1.807) is 6.26 Å². The van der Waals surface area contributed by atoms with Crippen LogP contribution in [0.2, 0.25) is 0 Å². The summed E-state index contributed by atoms with van der Waals surface area (Å²) in [7, 11) is 0.925. The van der Waals surface area contributed by atoms with Crippen LogP contribution in [0.1, 0.15) is 18.2 Å². The van der Waals surface area contributed by atoms with Crippen LogP contribution in [0.3, 0.4) is 0 Å². The lowest BCUT2D eigenvalue weighted by molar-refractivity contribution is 0.224. The van der Waals surface area contributed by atoms with Gasteiger partial charge in [-0.25, -0.2) is 13.2 Å². The molecule has 1 aromatic heterocycles. The van der Waals surface area contributed by atoms with Gasteiger partial charge in [0.2, 0.25) is 0 Å². The van der Waals surface area contributed by atoms with Crippen molar-refractivity contribution in [3.8, 4) is 0 Å². The zero-order chi connectivity index (χ0) is 16.2. The molecule has 0 saturated carbocycles. The summed E-state index contributed by atoms with van der Waals surface area (Å²) in [5.41, 5.74) is 0. The highest BCUT2D eigenvalue weighted by Gasteiger charge is 2.28. The van der Waals surface area contributed by atoms with Crippen LogP contribution in [0.15, 0.2) is 22.8 Å². The molecule has 2 amide bonds. The Labute approximate surface area is 131 Å². The molecule has 7 nitrogen and oxygen atoms in total. The second kappa shape index (κ2) is 7.15. The molecule has 8 heteroatoms. The maximum atomic E-state index is 11.8. The molecule has 2 heterocycles. The number of hydrogen-bond acceptors (Lipinski definition) is 5. The molecular formula is C14H23N3O4S. The molecule has 1 aliphatic heterocycles. The minimum atomic E-state index is -2.90. The summed E-state index contributed by atoms with van der Waals surface area (Å²) in [6.07, 6.45) is 2.22. The molecule has 0 bridgehead atoms. The van der Waals surface area contributed by atoms with Crippen molar-refractivity contribution in [3.63, 3.8) is 0 Å². The summed E-state index contributed by atoms with van der Waals surface area (Å²) in [6, 6.07) is 3.34. The molecule has 0 aromatic carbocycles. The first kappa shape index (κ1) is 16.8. The fourth-order valence-electron chi connectivity index (χ4n) is 2.54. The third-order valence-corrected chi connectivity index (χ3v) is 5.67. The first-order valence-electron chi connectivity index (χ1n) is 7.29. The molecule has 0 spiro atoms. The average Bonchev–Trinajstić information content (AvgIpc) is 3.06. The van der Waals surface area contributed by atoms with E-state index in [1.807, 2.05) is 31.1 Å². The number of nitrogens with one attached hydrogen (secondary N) is 2. The SMILES string of the molecule is CN(C)[C@H](CNC(=O)NC[C@@H]1CCS(=O)(=O)C1)c1ccco1. The standard InChI is InChI=1S/C14H23N3O4S/c1-17(2)12(13-4-3-6-21-13)9-16-14(18)15-8-11-5-7-22(19,20)10-11/h3-4,6,11-12H,5,7-10H2,1-2H3,(H2,15,16,18)/t11-,12+/m0/s1. The van der Waals surface area contributed by atoms with E-state index in [2.05, 4.69) is 10.6 Å². The number of carbonyl (C=O) groups excluding carboxylic acids is 1. The summed E-state index contributed by atoms with van der Waals surface area (Å²) in [6.45, 7) is 0.799. The van der Waals surface area contributed by atoms with Gasteiger partial charge in [0, 0.05) is 13.1 Å². The number of furan rings is 1. The fourth-order valence-corrected chi connectivity index (χ4v) is 4.40. The molecule has 22 heavy (non-hydrogen) atoms. The van der Waals surface area contributed by atoms with Crippen molar-refractivity contribution in [2.75, 3.05) is 38.7 Å². The summed E-state index contributed by atoms with van der Waals surface area (Å²) in [5, 5.41) is 5.53. The second-order valence-corrected chi connectivity index (χ2v) is 8.08. The van der Waals surface area contributed by atoms with Crippen molar-refractivity contribution < 1.29 is 17.6 Å². The van der Waals surface area contributed by atoms with Gasteiger partial charge >= 0.3 is 6.03 Å². The number of nitrogens with zero attached hydrogens (tertiary/aromatic N) is 1. The fraction of sp³-hybridized carbons (Fsp3) is 0.643. The normalized spacial score (nSPS) is 21.7. The topological polar surface area (TPSA) is 91.7 Å². The van der Waals surface area contributed by atoms with E-state index in [9.17, 15) is 13.2 Å². The van der Waals surface area contributed by atoms with E-state index in [0.717, 1.165) is 5.76 Å². The van der Waals surface area contributed by atoms with Crippen molar-refractivity contribution >= 4 is 15.9 Å². The summed E-state index contributed by atoms with van der Waals surface area (Å²) >= 11 is 0. The molecule has 1 saturated heterocycles. The van der Waals surface area contributed by atoms with Crippen molar-refractivity contribution in [2.45, 2.75) is 12.5 Å². The van der Waals surface area contributed by atoms with Gasteiger partial charge in [0.25, 0.3) is 0 Å². The van der Waals surface area contributed by atoms with Gasteiger partial charge in [-0.2, -0.15) is 0 Å². The Bertz CT molecular complexity index is 583. The number of likely N-dealkylation sites (N-methyl/N-ethyl adjacent to an activating group) is 1. The molecular weight excluding hydrogens is 306 g/mol. The monoisotopic (exact) mass is 329 g/mol. The molecule has 2 atom stereocenters. The highest BCUT2D eigenvalue weighted by atomic mass is 32.2. The van der Waals surface area contributed by atoms with E-state index >= 15 is 0 Å². The molecule has 1 aromatic rings. The van der Waals surface area contributed by atoms with Crippen LogP contribution in [0, 0.1) is 5.92 Å². The van der Waals surface area contributed by atoms with Gasteiger partial charge in [-0.1, -0.05) is 0 Å². The Morgan fingerprint density at radius 3 is 2.77 bits per heavy atom. The average molecular weight is 329 g/mol. The zero-order valence-electron chi connectivity index (χ0n) is 12.9. The molecule has 2 N–H and O–H groups in total. The zero-order valence-corrected chi connectivity index (χ0v) is 13.7. The van der Waals surface area contributed by atoms with Gasteiger partial charge < -0.3 is 15.1 Å². The molecule has 0 aliphatic carbocycles. The minimum absolute atomic E-state index is 0.0190. The third-order valence-electron chi connectivity index (χ3n) is 3.83. The van der Waals surface area contributed by atoms with E-state index in [1.165, 1.54) is 0 Å². The second-order valence-electron chi connectivity index (χ2n) is 5.85. The Hall–Kier alpha value is -1.54. The van der Waals surface area contributed by atoms with Crippen molar-refractivity contribution in [1.29, 1.82) is 0 Å². The molecule has 124 valence electrons.